The molecule has 3 rings (SSSR count). The minimum Gasteiger partial charge on any atom is -0.495 e. The fourth-order valence-corrected chi connectivity index (χ4v) is 2.81. The number of amides is 2. The van der Waals surface area contributed by atoms with Crippen LogP contribution in [-0.2, 0) is 9.59 Å². The lowest BCUT2D eigenvalue weighted by molar-refractivity contribution is -0.136. The molecule has 0 unspecified atom stereocenters. The number of methoxy groups -OCH3 is 1. The molecule has 0 spiro atoms. The van der Waals surface area contributed by atoms with Crippen molar-refractivity contribution < 1.29 is 23.9 Å². The summed E-state index contributed by atoms with van der Waals surface area (Å²) in [6.45, 7) is 0. The van der Waals surface area contributed by atoms with E-state index in [0.29, 0.717) is 17.0 Å². The lowest BCUT2D eigenvalue weighted by atomic mass is 10.2. The lowest BCUT2D eigenvalue weighted by Gasteiger charge is -2.09. The average molecular weight is 452 g/mol. The highest BCUT2D eigenvalue weighted by atomic mass is 35.5. The summed E-state index contributed by atoms with van der Waals surface area (Å²) in [6, 6.07) is 19.7. The standard InChI is InChI=1S/C23H18ClN3O5/c1-31-20-13-7-5-11-18(20)26-21(28)22(29)27-25-14-15-8-2-6-12-19(15)32-23(30)16-9-3-4-10-17(16)24/h2-14H,1H3,(H,26,28)(H,27,29). The van der Waals surface area contributed by atoms with Crippen LogP contribution in [0.15, 0.2) is 77.9 Å². The van der Waals surface area contributed by atoms with E-state index in [-0.39, 0.29) is 16.3 Å². The number of ether oxygens (including phenoxy) is 2. The van der Waals surface area contributed by atoms with Crippen molar-refractivity contribution in [2.45, 2.75) is 0 Å². The lowest BCUT2D eigenvalue weighted by Crippen LogP contribution is -2.32. The van der Waals surface area contributed by atoms with Crippen LogP contribution in [0.4, 0.5) is 5.69 Å². The van der Waals surface area contributed by atoms with Crippen molar-refractivity contribution in [2.24, 2.45) is 5.10 Å². The Morgan fingerprint density at radius 3 is 2.28 bits per heavy atom. The Bertz CT molecular complexity index is 1180. The predicted octanol–water partition coefficient (Wildman–Crippen LogP) is 3.66. The van der Waals surface area contributed by atoms with Crippen LogP contribution in [0.5, 0.6) is 11.5 Å². The molecule has 0 saturated carbocycles. The van der Waals surface area contributed by atoms with Crippen LogP contribution >= 0.6 is 11.6 Å². The van der Waals surface area contributed by atoms with Crippen LogP contribution in [0.25, 0.3) is 0 Å². The van der Waals surface area contributed by atoms with Crippen molar-refractivity contribution in [1.82, 2.24) is 5.43 Å². The molecule has 0 aliphatic rings. The maximum absolute atomic E-state index is 12.4. The second-order valence-electron chi connectivity index (χ2n) is 6.26. The molecular weight excluding hydrogens is 434 g/mol. The van der Waals surface area contributed by atoms with Crippen LogP contribution in [0.2, 0.25) is 5.02 Å². The van der Waals surface area contributed by atoms with E-state index in [1.54, 1.807) is 72.8 Å². The summed E-state index contributed by atoms with van der Waals surface area (Å²) in [6.07, 6.45) is 1.25. The van der Waals surface area contributed by atoms with Gasteiger partial charge in [0.25, 0.3) is 0 Å². The van der Waals surface area contributed by atoms with Crippen molar-refractivity contribution in [3.05, 3.63) is 88.9 Å². The molecule has 0 atom stereocenters. The van der Waals surface area contributed by atoms with Crippen LogP contribution in [0, 0.1) is 0 Å². The first kappa shape index (κ1) is 22.5. The zero-order chi connectivity index (χ0) is 22.9. The summed E-state index contributed by atoms with van der Waals surface area (Å²) in [5, 5.41) is 6.47. The maximum Gasteiger partial charge on any atom is 0.345 e. The number of halogens is 1. The van der Waals surface area contributed by atoms with Crippen LogP contribution in [0.1, 0.15) is 15.9 Å². The summed E-state index contributed by atoms with van der Waals surface area (Å²) in [4.78, 5) is 36.5. The van der Waals surface area contributed by atoms with Gasteiger partial charge in [-0.25, -0.2) is 10.2 Å². The molecule has 162 valence electrons. The molecule has 0 aromatic heterocycles. The third-order valence-electron chi connectivity index (χ3n) is 4.15. The van der Waals surface area contributed by atoms with Gasteiger partial charge in [-0.15, -0.1) is 0 Å². The monoisotopic (exact) mass is 451 g/mol. The van der Waals surface area contributed by atoms with Crippen molar-refractivity contribution in [3.8, 4) is 11.5 Å². The largest absolute Gasteiger partial charge is 0.495 e. The fraction of sp³-hybridized carbons (Fsp3) is 0.0435. The summed E-state index contributed by atoms with van der Waals surface area (Å²) in [5.74, 6) is -1.94. The van der Waals surface area contributed by atoms with Gasteiger partial charge in [0, 0.05) is 5.56 Å². The summed E-state index contributed by atoms with van der Waals surface area (Å²) in [7, 11) is 1.45. The molecule has 8 nitrogen and oxygen atoms in total. The summed E-state index contributed by atoms with van der Waals surface area (Å²) in [5.41, 5.74) is 3.08. The number of benzene rings is 3. The highest BCUT2D eigenvalue weighted by Crippen LogP contribution is 2.23. The number of esters is 1. The molecule has 2 amide bonds. The number of carbonyl (C=O) groups is 3. The van der Waals surface area contributed by atoms with E-state index < -0.39 is 17.8 Å². The average Bonchev–Trinajstić information content (AvgIpc) is 2.80. The third-order valence-corrected chi connectivity index (χ3v) is 4.48. The molecule has 9 heteroatoms. The molecule has 0 aliphatic heterocycles. The molecule has 0 fully saturated rings. The minimum atomic E-state index is -0.988. The number of carbonyl (C=O) groups excluding carboxylic acids is 3. The Labute approximate surface area is 188 Å². The third kappa shape index (κ3) is 5.71. The van der Waals surface area contributed by atoms with Crippen LogP contribution in [-0.4, -0.2) is 31.1 Å². The molecular formula is C23H18ClN3O5. The molecule has 3 aromatic rings. The van der Waals surface area contributed by atoms with Crippen molar-refractivity contribution >= 4 is 41.3 Å². The van der Waals surface area contributed by atoms with Crippen LogP contribution in [0.3, 0.4) is 0 Å². The number of nitrogens with zero attached hydrogens (tertiary/aromatic N) is 1. The normalized spacial score (nSPS) is 10.4. The number of para-hydroxylation sites is 3. The number of hydrogen-bond acceptors (Lipinski definition) is 6. The molecule has 3 aromatic carbocycles. The number of hydrazone groups is 1. The Hall–Kier alpha value is -4.17. The molecule has 0 radical (unpaired) electrons. The fourth-order valence-electron chi connectivity index (χ4n) is 2.60. The van der Waals surface area contributed by atoms with E-state index >= 15 is 0 Å². The highest BCUT2D eigenvalue weighted by Gasteiger charge is 2.16. The van der Waals surface area contributed by atoms with Gasteiger partial charge in [0.15, 0.2) is 0 Å². The van der Waals surface area contributed by atoms with Gasteiger partial charge < -0.3 is 14.8 Å². The summed E-state index contributed by atoms with van der Waals surface area (Å²) >= 11 is 6.03. The van der Waals surface area contributed by atoms with Gasteiger partial charge in [-0.2, -0.15) is 5.10 Å². The zero-order valence-corrected chi connectivity index (χ0v) is 17.6. The molecule has 2 N–H and O–H groups in total. The second kappa shape index (κ2) is 10.7. The minimum absolute atomic E-state index is 0.203. The number of hydrogen-bond donors (Lipinski definition) is 2. The van der Waals surface area contributed by atoms with Crippen molar-refractivity contribution in [3.63, 3.8) is 0 Å². The Morgan fingerprint density at radius 1 is 0.875 bits per heavy atom. The van der Waals surface area contributed by atoms with Gasteiger partial charge in [0.1, 0.15) is 11.5 Å². The molecule has 32 heavy (non-hydrogen) atoms. The number of nitrogens with one attached hydrogen (secondary N) is 2. The first-order valence-electron chi connectivity index (χ1n) is 9.32. The van der Waals surface area contributed by atoms with Gasteiger partial charge in [0.05, 0.1) is 29.6 Å². The number of anilines is 1. The van der Waals surface area contributed by atoms with Gasteiger partial charge in [-0.3, -0.25) is 9.59 Å². The molecule has 0 heterocycles. The van der Waals surface area contributed by atoms with Crippen molar-refractivity contribution in [1.29, 1.82) is 0 Å². The molecule has 0 saturated heterocycles. The van der Waals surface area contributed by atoms with Gasteiger partial charge in [0.2, 0.25) is 0 Å². The topological polar surface area (TPSA) is 106 Å². The van der Waals surface area contributed by atoms with E-state index in [9.17, 15) is 14.4 Å². The smallest absolute Gasteiger partial charge is 0.345 e. The van der Waals surface area contributed by atoms with Gasteiger partial charge >= 0.3 is 17.8 Å². The second-order valence-corrected chi connectivity index (χ2v) is 6.67. The van der Waals surface area contributed by atoms with Gasteiger partial charge in [-0.1, -0.05) is 48.0 Å². The van der Waals surface area contributed by atoms with Crippen molar-refractivity contribution in [2.75, 3.05) is 12.4 Å². The Morgan fingerprint density at radius 2 is 1.53 bits per heavy atom. The van der Waals surface area contributed by atoms with E-state index in [1.165, 1.54) is 13.3 Å². The molecule has 0 aliphatic carbocycles. The van der Waals surface area contributed by atoms with E-state index in [1.807, 2.05) is 0 Å². The SMILES string of the molecule is COc1ccccc1NC(=O)C(=O)NN=Cc1ccccc1OC(=O)c1ccccc1Cl. The van der Waals surface area contributed by atoms with Gasteiger partial charge in [-0.05, 0) is 36.4 Å². The summed E-state index contributed by atoms with van der Waals surface area (Å²) < 4.78 is 10.5. The zero-order valence-electron chi connectivity index (χ0n) is 16.9. The quantitative estimate of drug-likeness (QED) is 0.195. The first-order chi connectivity index (χ1) is 15.5. The first-order valence-corrected chi connectivity index (χ1v) is 9.70. The maximum atomic E-state index is 12.4. The Kier molecular flexibility index (Phi) is 7.55. The molecule has 0 bridgehead atoms. The highest BCUT2D eigenvalue weighted by molar-refractivity contribution is 6.39. The van der Waals surface area contributed by atoms with E-state index in [4.69, 9.17) is 21.1 Å². The Balaban J connectivity index is 1.64. The van der Waals surface area contributed by atoms with E-state index in [2.05, 4.69) is 15.8 Å². The number of rotatable bonds is 6. The van der Waals surface area contributed by atoms with E-state index in [0.717, 1.165) is 0 Å². The van der Waals surface area contributed by atoms with Crippen LogP contribution < -0.4 is 20.2 Å². The predicted molar refractivity (Wildman–Crippen MR) is 120 cm³/mol.